The average molecular weight is 365 g/mol. The van der Waals surface area contributed by atoms with E-state index < -0.39 is 17.3 Å². The zero-order chi connectivity index (χ0) is 19.3. The van der Waals surface area contributed by atoms with Gasteiger partial charge >= 0.3 is 11.7 Å². The maximum absolute atomic E-state index is 12.9. The highest BCUT2D eigenvalue weighted by molar-refractivity contribution is 6.22. The van der Waals surface area contributed by atoms with Gasteiger partial charge in [-0.05, 0) is 32.9 Å². The van der Waals surface area contributed by atoms with Crippen molar-refractivity contribution in [1.29, 1.82) is 0 Å². The summed E-state index contributed by atoms with van der Waals surface area (Å²) in [6.45, 7) is 5.34. The van der Waals surface area contributed by atoms with E-state index >= 15 is 0 Å². The van der Waals surface area contributed by atoms with Gasteiger partial charge in [-0.25, -0.2) is 14.2 Å². The first-order valence-corrected chi connectivity index (χ1v) is 8.58. The molecule has 0 bridgehead atoms. The fourth-order valence-corrected chi connectivity index (χ4v) is 3.32. The average Bonchev–Trinajstić information content (AvgIpc) is 2.96. The molecule has 0 atom stereocenters. The fraction of sp³-hybridized carbons (Fsp3) is 0.238. The third-order valence-corrected chi connectivity index (χ3v) is 4.31. The molecule has 0 radical (unpaired) electrons. The first kappa shape index (κ1) is 17.1. The molecule has 4 rings (SSSR count). The SMILES string of the molecule is COc1cccc2c1oc(=O)c1c2c2ccccc2n1C(=O)OC(C)(C)C. The minimum Gasteiger partial charge on any atom is -0.493 e. The van der Waals surface area contributed by atoms with E-state index in [-0.39, 0.29) is 5.52 Å². The number of hydrogen-bond donors (Lipinski definition) is 0. The molecule has 0 spiro atoms. The van der Waals surface area contributed by atoms with Gasteiger partial charge in [0.15, 0.2) is 11.3 Å². The molecule has 0 unspecified atom stereocenters. The first-order valence-electron chi connectivity index (χ1n) is 8.58. The Morgan fingerprint density at radius 2 is 1.74 bits per heavy atom. The van der Waals surface area contributed by atoms with Gasteiger partial charge in [-0.2, -0.15) is 0 Å². The second-order valence-corrected chi connectivity index (χ2v) is 7.28. The molecular weight excluding hydrogens is 346 g/mol. The number of rotatable bonds is 1. The molecule has 0 amide bonds. The number of carbonyl (C=O) groups excluding carboxylic acids is 1. The van der Waals surface area contributed by atoms with E-state index in [1.165, 1.54) is 11.7 Å². The Morgan fingerprint density at radius 3 is 2.44 bits per heavy atom. The zero-order valence-corrected chi connectivity index (χ0v) is 15.5. The van der Waals surface area contributed by atoms with Crippen molar-refractivity contribution in [1.82, 2.24) is 4.57 Å². The van der Waals surface area contributed by atoms with Crippen molar-refractivity contribution in [2.24, 2.45) is 0 Å². The van der Waals surface area contributed by atoms with Crippen molar-refractivity contribution in [3.63, 3.8) is 0 Å². The monoisotopic (exact) mass is 365 g/mol. The Labute approximate surface area is 154 Å². The van der Waals surface area contributed by atoms with Crippen molar-refractivity contribution in [2.75, 3.05) is 7.11 Å². The lowest BCUT2D eigenvalue weighted by Gasteiger charge is -2.20. The lowest BCUT2D eigenvalue weighted by atomic mass is 10.1. The van der Waals surface area contributed by atoms with Crippen LogP contribution in [0.3, 0.4) is 0 Å². The van der Waals surface area contributed by atoms with Gasteiger partial charge < -0.3 is 13.9 Å². The maximum Gasteiger partial charge on any atom is 0.419 e. The number of hydrogen-bond acceptors (Lipinski definition) is 5. The molecule has 0 N–H and O–H groups in total. The lowest BCUT2D eigenvalue weighted by molar-refractivity contribution is 0.0550. The number of nitrogens with zero attached hydrogens (tertiary/aromatic N) is 1. The largest absolute Gasteiger partial charge is 0.493 e. The molecule has 0 aliphatic heterocycles. The van der Waals surface area contributed by atoms with Crippen molar-refractivity contribution < 1.29 is 18.7 Å². The number of benzene rings is 2. The standard InChI is InChI=1S/C21H19NO5/c1-21(2,3)27-20(24)22-14-10-6-5-8-12(14)16-13-9-7-11-15(25-4)18(13)26-19(23)17(16)22/h5-11H,1-4H3. The molecule has 6 nitrogen and oxygen atoms in total. The Morgan fingerprint density at radius 1 is 1.04 bits per heavy atom. The van der Waals surface area contributed by atoms with E-state index in [9.17, 15) is 9.59 Å². The molecule has 0 saturated heterocycles. The van der Waals surface area contributed by atoms with Crippen LogP contribution < -0.4 is 10.4 Å². The Bertz CT molecular complexity index is 1260. The molecule has 0 fully saturated rings. The zero-order valence-electron chi connectivity index (χ0n) is 15.5. The molecule has 0 saturated carbocycles. The van der Waals surface area contributed by atoms with E-state index in [1.54, 1.807) is 32.9 Å². The van der Waals surface area contributed by atoms with Gasteiger partial charge in [0.2, 0.25) is 0 Å². The van der Waals surface area contributed by atoms with Crippen LogP contribution in [-0.2, 0) is 4.74 Å². The number of methoxy groups -OCH3 is 1. The highest BCUT2D eigenvalue weighted by Gasteiger charge is 2.26. The normalized spacial score (nSPS) is 12.0. The minimum atomic E-state index is -0.699. The predicted octanol–water partition coefficient (Wildman–Crippen LogP) is 4.69. The van der Waals surface area contributed by atoms with Crippen molar-refractivity contribution in [2.45, 2.75) is 26.4 Å². The van der Waals surface area contributed by atoms with Crippen LogP contribution in [-0.4, -0.2) is 23.4 Å². The second kappa shape index (κ2) is 5.87. The van der Waals surface area contributed by atoms with Crippen molar-refractivity contribution in [3.05, 3.63) is 52.9 Å². The number of carbonyl (C=O) groups is 1. The summed E-state index contributed by atoms with van der Waals surface area (Å²) in [5.41, 5.74) is -0.223. The number of ether oxygens (including phenoxy) is 2. The molecule has 2 heterocycles. The van der Waals surface area contributed by atoms with E-state index in [0.717, 1.165) is 5.39 Å². The second-order valence-electron chi connectivity index (χ2n) is 7.28. The summed E-state index contributed by atoms with van der Waals surface area (Å²) in [7, 11) is 1.52. The van der Waals surface area contributed by atoms with Gasteiger partial charge in [-0.15, -0.1) is 0 Å². The summed E-state index contributed by atoms with van der Waals surface area (Å²) in [5.74, 6) is 0.459. The van der Waals surface area contributed by atoms with Gasteiger partial charge in [0.05, 0.1) is 12.6 Å². The Hall–Kier alpha value is -3.28. The highest BCUT2D eigenvalue weighted by Crippen LogP contribution is 2.36. The molecular formula is C21H19NO5. The van der Waals surface area contributed by atoms with E-state index in [0.29, 0.717) is 27.6 Å². The molecule has 6 heteroatoms. The summed E-state index contributed by atoms with van der Waals surface area (Å²) in [5, 5.41) is 2.11. The molecule has 27 heavy (non-hydrogen) atoms. The summed E-state index contributed by atoms with van der Waals surface area (Å²) in [4.78, 5) is 25.8. The first-order chi connectivity index (χ1) is 12.8. The smallest absolute Gasteiger partial charge is 0.419 e. The van der Waals surface area contributed by atoms with E-state index in [4.69, 9.17) is 13.9 Å². The van der Waals surface area contributed by atoms with Crippen LogP contribution in [0.5, 0.6) is 5.75 Å². The van der Waals surface area contributed by atoms with Gasteiger partial charge in [-0.1, -0.05) is 30.3 Å². The van der Waals surface area contributed by atoms with Gasteiger partial charge in [0, 0.05) is 16.2 Å². The van der Waals surface area contributed by atoms with E-state index in [2.05, 4.69) is 0 Å². The number of fused-ring (bicyclic) bond motifs is 5. The van der Waals surface area contributed by atoms with Crippen LogP contribution in [0.1, 0.15) is 20.8 Å². The minimum absolute atomic E-state index is 0.159. The quantitative estimate of drug-likeness (QED) is 0.458. The van der Waals surface area contributed by atoms with Crippen LogP contribution in [0.15, 0.2) is 51.7 Å². The third kappa shape index (κ3) is 2.65. The fourth-order valence-electron chi connectivity index (χ4n) is 3.32. The maximum atomic E-state index is 12.9. The van der Waals surface area contributed by atoms with Crippen LogP contribution in [0.25, 0.3) is 32.8 Å². The lowest BCUT2D eigenvalue weighted by Crippen LogP contribution is -2.28. The van der Waals surface area contributed by atoms with Crippen LogP contribution in [0.2, 0.25) is 0 Å². The van der Waals surface area contributed by atoms with Crippen LogP contribution in [0.4, 0.5) is 4.79 Å². The summed E-state index contributed by atoms with van der Waals surface area (Å²) in [6, 6.07) is 12.7. The molecule has 0 aliphatic rings. The van der Waals surface area contributed by atoms with Crippen LogP contribution >= 0.6 is 0 Å². The summed E-state index contributed by atoms with van der Waals surface area (Å²) in [6.07, 6.45) is -0.622. The third-order valence-electron chi connectivity index (χ3n) is 4.31. The molecule has 4 aromatic rings. The topological polar surface area (TPSA) is 70.7 Å². The van der Waals surface area contributed by atoms with Crippen molar-refractivity contribution >= 4 is 38.9 Å². The predicted molar refractivity (Wildman–Crippen MR) is 104 cm³/mol. The molecule has 2 aromatic heterocycles. The summed E-state index contributed by atoms with van der Waals surface area (Å²) < 4.78 is 17.7. The molecule has 138 valence electrons. The molecule has 2 aromatic carbocycles. The van der Waals surface area contributed by atoms with Gasteiger partial charge in [0.25, 0.3) is 0 Å². The summed E-state index contributed by atoms with van der Waals surface area (Å²) >= 11 is 0. The van der Waals surface area contributed by atoms with Crippen molar-refractivity contribution in [3.8, 4) is 5.75 Å². The van der Waals surface area contributed by atoms with Crippen LogP contribution in [0, 0.1) is 0 Å². The highest BCUT2D eigenvalue weighted by atomic mass is 16.6. The molecule has 0 aliphatic carbocycles. The number of aromatic nitrogens is 1. The van der Waals surface area contributed by atoms with E-state index in [1.807, 2.05) is 30.3 Å². The Kier molecular flexibility index (Phi) is 3.73. The number of para-hydroxylation sites is 2. The van der Waals surface area contributed by atoms with Gasteiger partial charge in [0.1, 0.15) is 11.1 Å². The Balaban J connectivity index is 2.21. The van der Waals surface area contributed by atoms with Gasteiger partial charge in [-0.3, -0.25) is 0 Å².